The van der Waals surface area contributed by atoms with E-state index in [1.807, 2.05) is 38.1 Å². The number of nitrogens with zero attached hydrogens (tertiary/aromatic N) is 1. The van der Waals surface area contributed by atoms with E-state index in [4.69, 9.17) is 23.2 Å². The Kier molecular flexibility index (Phi) is 5.21. The number of benzene rings is 1. The molecule has 1 aromatic carbocycles. The summed E-state index contributed by atoms with van der Waals surface area (Å²) in [4.78, 5) is 16.2. The van der Waals surface area contributed by atoms with Crippen LogP contribution in [0.1, 0.15) is 40.9 Å². The van der Waals surface area contributed by atoms with Crippen LogP contribution in [0.5, 0.6) is 0 Å². The molecule has 0 saturated carbocycles. The fourth-order valence-electron chi connectivity index (χ4n) is 2.04. The molecule has 0 spiro atoms. The van der Waals surface area contributed by atoms with Crippen molar-refractivity contribution in [2.24, 2.45) is 0 Å². The molecule has 21 heavy (non-hydrogen) atoms. The Bertz CT molecular complexity index is 641. The lowest BCUT2D eigenvalue weighted by molar-refractivity contribution is 0.0935. The lowest BCUT2D eigenvalue weighted by Crippen LogP contribution is -2.28. The van der Waals surface area contributed by atoms with Crippen LogP contribution in [0.2, 0.25) is 10.2 Å². The van der Waals surface area contributed by atoms with Crippen LogP contribution < -0.4 is 5.32 Å². The minimum atomic E-state index is -0.253. The SMILES string of the molecule is CCC(NC(=O)c1cc(Cl)ncc1Cl)c1ccc(C)cc1. The second kappa shape index (κ2) is 6.92. The smallest absolute Gasteiger partial charge is 0.253 e. The van der Waals surface area contributed by atoms with E-state index in [0.29, 0.717) is 5.56 Å². The number of rotatable bonds is 4. The van der Waals surface area contributed by atoms with Gasteiger partial charge in [-0.3, -0.25) is 4.79 Å². The van der Waals surface area contributed by atoms with Crippen LogP contribution in [0.25, 0.3) is 0 Å². The molecule has 5 heteroatoms. The fraction of sp³-hybridized carbons (Fsp3) is 0.250. The monoisotopic (exact) mass is 322 g/mol. The summed E-state index contributed by atoms with van der Waals surface area (Å²) in [5.74, 6) is -0.253. The van der Waals surface area contributed by atoms with Crippen LogP contribution in [-0.2, 0) is 0 Å². The number of hydrogen-bond acceptors (Lipinski definition) is 2. The first-order valence-electron chi connectivity index (χ1n) is 6.69. The molecular formula is C16H16Cl2N2O. The first-order chi connectivity index (χ1) is 10.0. The highest BCUT2D eigenvalue weighted by molar-refractivity contribution is 6.35. The van der Waals surface area contributed by atoms with Crippen LogP contribution in [0, 0.1) is 6.92 Å². The molecule has 110 valence electrons. The number of carbonyl (C=O) groups excluding carboxylic acids is 1. The Morgan fingerprint density at radius 1 is 1.29 bits per heavy atom. The highest BCUT2D eigenvalue weighted by Crippen LogP contribution is 2.21. The molecule has 0 bridgehead atoms. The average molecular weight is 323 g/mol. The molecule has 1 atom stereocenters. The van der Waals surface area contributed by atoms with Crippen molar-refractivity contribution < 1.29 is 4.79 Å². The van der Waals surface area contributed by atoms with Gasteiger partial charge in [0.2, 0.25) is 0 Å². The number of aryl methyl sites for hydroxylation is 1. The third kappa shape index (κ3) is 3.96. The van der Waals surface area contributed by atoms with Gasteiger partial charge in [0.05, 0.1) is 16.6 Å². The molecule has 0 fully saturated rings. The maximum absolute atomic E-state index is 12.3. The van der Waals surface area contributed by atoms with Gasteiger partial charge in [-0.25, -0.2) is 4.98 Å². The highest BCUT2D eigenvalue weighted by atomic mass is 35.5. The molecule has 0 aliphatic heterocycles. The van der Waals surface area contributed by atoms with E-state index in [9.17, 15) is 4.79 Å². The van der Waals surface area contributed by atoms with Crippen LogP contribution in [0.4, 0.5) is 0 Å². The van der Waals surface area contributed by atoms with Crippen molar-refractivity contribution in [3.8, 4) is 0 Å². The zero-order chi connectivity index (χ0) is 15.4. The van der Waals surface area contributed by atoms with E-state index in [1.54, 1.807) is 0 Å². The number of nitrogens with one attached hydrogen (secondary N) is 1. The maximum atomic E-state index is 12.3. The number of carbonyl (C=O) groups is 1. The lowest BCUT2D eigenvalue weighted by Gasteiger charge is -2.18. The molecule has 1 N–H and O–H groups in total. The van der Waals surface area contributed by atoms with E-state index in [-0.39, 0.29) is 22.1 Å². The van der Waals surface area contributed by atoms with Crippen molar-refractivity contribution in [3.05, 3.63) is 63.4 Å². The summed E-state index contributed by atoms with van der Waals surface area (Å²) in [6.45, 7) is 4.05. The van der Waals surface area contributed by atoms with Gasteiger partial charge in [-0.2, -0.15) is 0 Å². The van der Waals surface area contributed by atoms with E-state index >= 15 is 0 Å². The zero-order valence-electron chi connectivity index (χ0n) is 11.9. The van der Waals surface area contributed by atoms with Crippen LogP contribution >= 0.6 is 23.2 Å². The molecule has 1 unspecified atom stereocenters. The summed E-state index contributed by atoms with van der Waals surface area (Å²) in [6, 6.07) is 9.50. The second-order valence-electron chi connectivity index (χ2n) is 4.83. The third-order valence-electron chi connectivity index (χ3n) is 3.26. The van der Waals surface area contributed by atoms with Gasteiger partial charge in [-0.1, -0.05) is 60.0 Å². The van der Waals surface area contributed by atoms with Gasteiger partial charge in [0, 0.05) is 6.20 Å². The topological polar surface area (TPSA) is 42.0 Å². The van der Waals surface area contributed by atoms with Gasteiger partial charge in [-0.15, -0.1) is 0 Å². The molecule has 1 amide bonds. The average Bonchev–Trinajstić information content (AvgIpc) is 2.48. The summed E-state index contributed by atoms with van der Waals surface area (Å²) in [5, 5.41) is 3.51. The van der Waals surface area contributed by atoms with E-state index in [1.165, 1.54) is 17.8 Å². The predicted octanol–water partition coefficient (Wildman–Crippen LogP) is 4.58. The quantitative estimate of drug-likeness (QED) is 0.837. The number of pyridine rings is 1. The maximum Gasteiger partial charge on any atom is 0.253 e. The minimum absolute atomic E-state index is 0.0684. The van der Waals surface area contributed by atoms with Crippen molar-refractivity contribution in [1.29, 1.82) is 0 Å². The summed E-state index contributed by atoms with van der Waals surface area (Å²) in [6.07, 6.45) is 2.16. The van der Waals surface area contributed by atoms with Gasteiger partial charge in [0.15, 0.2) is 0 Å². The number of hydrogen-bond donors (Lipinski definition) is 1. The zero-order valence-corrected chi connectivity index (χ0v) is 13.4. The molecule has 1 heterocycles. The number of aromatic nitrogens is 1. The molecule has 1 aromatic heterocycles. The summed E-state index contributed by atoms with van der Waals surface area (Å²) in [7, 11) is 0. The van der Waals surface area contributed by atoms with Crippen LogP contribution in [0.15, 0.2) is 36.5 Å². The third-order valence-corrected chi connectivity index (χ3v) is 3.77. The molecule has 2 aromatic rings. The molecule has 2 rings (SSSR count). The van der Waals surface area contributed by atoms with Crippen molar-refractivity contribution in [2.75, 3.05) is 0 Å². The minimum Gasteiger partial charge on any atom is -0.345 e. The van der Waals surface area contributed by atoms with Gasteiger partial charge in [0.1, 0.15) is 5.15 Å². The molecule has 0 saturated heterocycles. The first kappa shape index (κ1) is 15.8. The van der Waals surface area contributed by atoms with E-state index in [0.717, 1.165) is 12.0 Å². The predicted molar refractivity (Wildman–Crippen MR) is 85.9 cm³/mol. The van der Waals surface area contributed by atoms with E-state index in [2.05, 4.69) is 10.3 Å². The second-order valence-corrected chi connectivity index (χ2v) is 5.63. The largest absolute Gasteiger partial charge is 0.345 e. The molecule has 0 aliphatic carbocycles. The standard InChI is InChI=1S/C16H16Cl2N2O/c1-3-14(11-6-4-10(2)5-7-11)20-16(21)12-8-15(18)19-9-13(12)17/h4-9,14H,3H2,1-2H3,(H,20,21). The van der Waals surface area contributed by atoms with Gasteiger partial charge >= 0.3 is 0 Å². The van der Waals surface area contributed by atoms with Crippen molar-refractivity contribution >= 4 is 29.1 Å². The Morgan fingerprint density at radius 2 is 1.95 bits per heavy atom. The summed E-state index contributed by atoms with van der Waals surface area (Å²) < 4.78 is 0. The molecule has 0 radical (unpaired) electrons. The van der Waals surface area contributed by atoms with E-state index < -0.39 is 0 Å². The lowest BCUT2D eigenvalue weighted by atomic mass is 10.0. The molecule has 0 aliphatic rings. The van der Waals surface area contributed by atoms with Crippen molar-refractivity contribution in [1.82, 2.24) is 10.3 Å². The van der Waals surface area contributed by atoms with Gasteiger partial charge < -0.3 is 5.32 Å². The normalized spacial score (nSPS) is 12.0. The first-order valence-corrected chi connectivity index (χ1v) is 7.45. The Balaban J connectivity index is 2.20. The Labute approximate surface area is 134 Å². The fourth-order valence-corrected chi connectivity index (χ4v) is 2.39. The van der Waals surface area contributed by atoms with Crippen LogP contribution in [-0.4, -0.2) is 10.9 Å². The molecular weight excluding hydrogens is 307 g/mol. The summed E-state index contributed by atoms with van der Waals surface area (Å²) >= 11 is 11.8. The Morgan fingerprint density at radius 3 is 2.57 bits per heavy atom. The Hall–Kier alpha value is -1.58. The van der Waals surface area contributed by atoms with Crippen molar-refractivity contribution in [3.63, 3.8) is 0 Å². The van der Waals surface area contributed by atoms with Crippen LogP contribution in [0.3, 0.4) is 0 Å². The number of amides is 1. The van der Waals surface area contributed by atoms with Gasteiger partial charge in [0.25, 0.3) is 5.91 Å². The number of halogens is 2. The summed E-state index contributed by atoms with van der Waals surface area (Å²) in [5.41, 5.74) is 2.58. The van der Waals surface area contributed by atoms with Crippen molar-refractivity contribution in [2.45, 2.75) is 26.3 Å². The highest BCUT2D eigenvalue weighted by Gasteiger charge is 2.17. The van der Waals surface area contributed by atoms with Gasteiger partial charge in [-0.05, 0) is 25.0 Å². The molecule has 3 nitrogen and oxygen atoms in total.